The van der Waals surface area contributed by atoms with E-state index in [0.717, 1.165) is 25.2 Å². The van der Waals surface area contributed by atoms with Gasteiger partial charge < -0.3 is 16.0 Å². The first-order chi connectivity index (χ1) is 11.0. The highest BCUT2D eigenvalue weighted by atomic mass is 16.2. The van der Waals surface area contributed by atoms with Crippen LogP contribution in [0.5, 0.6) is 0 Å². The maximum atomic E-state index is 12.3. The summed E-state index contributed by atoms with van der Waals surface area (Å²) in [6.45, 7) is 8.22. The van der Waals surface area contributed by atoms with Gasteiger partial charge in [-0.25, -0.2) is 0 Å². The number of hydrogen-bond acceptors (Lipinski definition) is 4. The van der Waals surface area contributed by atoms with Crippen molar-refractivity contribution in [3.05, 3.63) is 29.8 Å². The largest absolute Gasteiger partial charge is 0.332 e. The van der Waals surface area contributed by atoms with Gasteiger partial charge in [0.1, 0.15) is 0 Å². The second-order valence-electron chi connectivity index (χ2n) is 6.12. The molecule has 1 aromatic carbocycles. The number of piperazine rings is 1. The van der Waals surface area contributed by atoms with E-state index in [9.17, 15) is 9.59 Å². The average Bonchev–Trinajstić information content (AvgIpc) is 2.55. The summed E-state index contributed by atoms with van der Waals surface area (Å²) < 4.78 is 0. The Bertz CT molecular complexity index is 551. The van der Waals surface area contributed by atoms with Gasteiger partial charge in [-0.15, -0.1) is 0 Å². The number of anilines is 1. The van der Waals surface area contributed by atoms with Gasteiger partial charge in [0.05, 0.1) is 0 Å². The highest BCUT2D eigenvalue weighted by Crippen LogP contribution is 2.23. The van der Waals surface area contributed by atoms with Gasteiger partial charge in [0.2, 0.25) is 0 Å². The molecule has 1 aliphatic rings. The van der Waals surface area contributed by atoms with Crippen LogP contribution in [0.4, 0.5) is 5.69 Å². The SMILES string of the molecule is CC(C)c1ccccc1NC(=O)C(=O)N1CCN(CCN)CC1. The Morgan fingerprint density at radius 2 is 1.83 bits per heavy atom. The van der Waals surface area contributed by atoms with Gasteiger partial charge in [0.25, 0.3) is 0 Å². The topological polar surface area (TPSA) is 78.7 Å². The maximum Gasteiger partial charge on any atom is 0.313 e. The molecule has 1 aromatic rings. The van der Waals surface area contributed by atoms with Crippen molar-refractivity contribution in [1.29, 1.82) is 0 Å². The molecular weight excluding hydrogens is 292 g/mol. The second-order valence-corrected chi connectivity index (χ2v) is 6.12. The molecule has 0 radical (unpaired) electrons. The summed E-state index contributed by atoms with van der Waals surface area (Å²) in [4.78, 5) is 28.4. The van der Waals surface area contributed by atoms with E-state index in [1.54, 1.807) is 4.90 Å². The molecule has 23 heavy (non-hydrogen) atoms. The van der Waals surface area contributed by atoms with E-state index >= 15 is 0 Å². The van der Waals surface area contributed by atoms with Gasteiger partial charge in [-0.05, 0) is 17.5 Å². The number of carbonyl (C=O) groups is 2. The molecule has 0 unspecified atom stereocenters. The number of carbonyl (C=O) groups excluding carboxylic acids is 2. The van der Waals surface area contributed by atoms with Gasteiger partial charge in [0.15, 0.2) is 0 Å². The number of rotatable bonds is 4. The lowest BCUT2D eigenvalue weighted by Crippen LogP contribution is -2.52. The van der Waals surface area contributed by atoms with E-state index in [1.165, 1.54) is 0 Å². The number of benzene rings is 1. The highest BCUT2D eigenvalue weighted by Gasteiger charge is 2.26. The zero-order valence-corrected chi connectivity index (χ0v) is 13.9. The zero-order valence-electron chi connectivity index (χ0n) is 13.9. The molecule has 3 N–H and O–H groups in total. The van der Waals surface area contributed by atoms with E-state index in [4.69, 9.17) is 5.73 Å². The lowest BCUT2D eigenvalue weighted by Gasteiger charge is -2.34. The Kier molecular flexibility index (Phi) is 6.12. The summed E-state index contributed by atoms with van der Waals surface area (Å²) in [5, 5.41) is 2.76. The normalized spacial score (nSPS) is 15.7. The molecule has 0 spiro atoms. The summed E-state index contributed by atoms with van der Waals surface area (Å²) >= 11 is 0. The Morgan fingerprint density at radius 1 is 1.17 bits per heavy atom. The van der Waals surface area contributed by atoms with Crippen molar-refractivity contribution in [1.82, 2.24) is 9.80 Å². The van der Waals surface area contributed by atoms with Crippen molar-refractivity contribution in [3.63, 3.8) is 0 Å². The average molecular weight is 318 g/mol. The summed E-state index contributed by atoms with van der Waals surface area (Å²) in [6.07, 6.45) is 0. The van der Waals surface area contributed by atoms with Crippen molar-refractivity contribution < 1.29 is 9.59 Å². The first-order valence-electron chi connectivity index (χ1n) is 8.14. The molecule has 6 heteroatoms. The van der Waals surface area contributed by atoms with Crippen LogP contribution < -0.4 is 11.1 Å². The molecule has 6 nitrogen and oxygen atoms in total. The van der Waals surface area contributed by atoms with Gasteiger partial charge in [0, 0.05) is 45.0 Å². The number of para-hydroxylation sites is 1. The molecule has 1 heterocycles. The fraction of sp³-hybridized carbons (Fsp3) is 0.529. The van der Waals surface area contributed by atoms with Crippen LogP contribution >= 0.6 is 0 Å². The zero-order chi connectivity index (χ0) is 16.8. The van der Waals surface area contributed by atoms with Crippen LogP contribution in [0.1, 0.15) is 25.3 Å². The standard InChI is InChI=1S/C17H26N4O2/c1-13(2)14-5-3-4-6-15(14)19-16(22)17(23)21-11-9-20(8-7-18)10-12-21/h3-6,13H,7-12,18H2,1-2H3,(H,19,22). The first-order valence-corrected chi connectivity index (χ1v) is 8.14. The highest BCUT2D eigenvalue weighted by molar-refractivity contribution is 6.39. The second kappa shape index (κ2) is 8.08. The molecule has 0 aromatic heterocycles. The minimum Gasteiger partial charge on any atom is -0.332 e. The minimum atomic E-state index is -0.564. The Labute approximate surface area is 137 Å². The third kappa shape index (κ3) is 4.53. The van der Waals surface area contributed by atoms with Crippen molar-refractivity contribution in [3.8, 4) is 0 Å². The molecule has 2 rings (SSSR count). The van der Waals surface area contributed by atoms with Crippen molar-refractivity contribution in [2.45, 2.75) is 19.8 Å². The third-order valence-electron chi connectivity index (χ3n) is 4.13. The number of amides is 2. The fourth-order valence-corrected chi connectivity index (χ4v) is 2.79. The van der Waals surface area contributed by atoms with Gasteiger partial charge in [-0.1, -0.05) is 32.0 Å². The van der Waals surface area contributed by atoms with Gasteiger partial charge in [-0.2, -0.15) is 0 Å². The van der Waals surface area contributed by atoms with E-state index in [-0.39, 0.29) is 5.92 Å². The van der Waals surface area contributed by atoms with Crippen molar-refractivity contribution in [2.75, 3.05) is 44.6 Å². The lowest BCUT2D eigenvalue weighted by atomic mass is 10.0. The summed E-state index contributed by atoms with van der Waals surface area (Å²) in [5.74, 6) is -0.747. The summed E-state index contributed by atoms with van der Waals surface area (Å²) in [5.41, 5.74) is 7.28. The van der Waals surface area contributed by atoms with E-state index in [0.29, 0.717) is 25.3 Å². The number of nitrogens with two attached hydrogens (primary N) is 1. The molecule has 0 bridgehead atoms. The van der Waals surface area contributed by atoms with Crippen LogP contribution in [0.15, 0.2) is 24.3 Å². The van der Waals surface area contributed by atoms with Crippen LogP contribution in [-0.4, -0.2) is 60.9 Å². The quantitative estimate of drug-likeness (QED) is 0.807. The van der Waals surface area contributed by atoms with Crippen molar-refractivity contribution in [2.24, 2.45) is 5.73 Å². The predicted octanol–water partition coefficient (Wildman–Crippen LogP) is 0.851. The number of hydrogen-bond donors (Lipinski definition) is 2. The van der Waals surface area contributed by atoms with E-state index in [2.05, 4.69) is 24.1 Å². The predicted molar refractivity (Wildman–Crippen MR) is 91.2 cm³/mol. The summed E-state index contributed by atoms with van der Waals surface area (Å²) in [6, 6.07) is 7.59. The first kappa shape index (κ1) is 17.4. The summed E-state index contributed by atoms with van der Waals surface area (Å²) in [7, 11) is 0. The van der Waals surface area contributed by atoms with Crippen LogP contribution in [0, 0.1) is 0 Å². The minimum absolute atomic E-state index is 0.279. The third-order valence-corrected chi connectivity index (χ3v) is 4.13. The smallest absolute Gasteiger partial charge is 0.313 e. The Morgan fingerprint density at radius 3 is 2.43 bits per heavy atom. The van der Waals surface area contributed by atoms with Crippen LogP contribution in [0.2, 0.25) is 0 Å². The monoisotopic (exact) mass is 318 g/mol. The van der Waals surface area contributed by atoms with Gasteiger partial charge >= 0.3 is 11.8 Å². The molecule has 1 aliphatic heterocycles. The molecule has 0 atom stereocenters. The maximum absolute atomic E-state index is 12.3. The Balaban J connectivity index is 1.95. The van der Waals surface area contributed by atoms with Gasteiger partial charge in [-0.3, -0.25) is 14.5 Å². The van der Waals surface area contributed by atoms with Crippen molar-refractivity contribution >= 4 is 17.5 Å². The number of nitrogens with zero attached hydrogens (tertiary/aromatic N) is 2. The molecule has 2 amide bonds. The van der Waals surface area contributed by atoms with E-state index < -0.39 is 11.8 Å². The molecule has 0 saturated carbocycles. The fourth-order valence-electron chi connectivity index (χ4n) is 2.79. The molecule has 0 aliphatic carbocycles. The molecule has 1 saturated heterocycles. The van der Waals surface area contributed by atoms with Crippen LogP contribution in [0.3, 0.4) is 0 Å². The molecular formula is C17H26N4O2. The van der Waals surface area contributed by atoms with Crippen LogP contribution in [-0.2, 0) is 9.59 Å². The van der Waals surface area contributed by atoms with E-state index in [1.807, 2.05) is 24.3 Å². The van der Waals surface area contributed by atoms with Crippen LogP contribution in [0.25, 0.3) is 0 Å². The lowest BCUT2D eigenvalue weighted by molar-refractivity contribution is -0.144. The molecule has 1 fully saturated rings. The Hall–Kier alpha value is -1.92. The number of nitrogens with one attached hydrogen (secondary N) is 1. The molecule has 126 valence electrons.